The van der Waals surface area contributed by atoms with Crippen molar-refractivity contribution in [3.63, 3.8) is 0 Å². The monoisotopic (exact) mass is 301 g/mol. The molecule has 2 atom stereocenters. The summed E-state index contributed by atoms with van der Waals surface area (Å²) in [5.74, 6) is 0.308. The van der Waals surface area contributed by atoms with Crippen molar-refractivity contribution in [2.24, 2.45) is 11.3 Å². The topological polar surface area (TPSA) is 12.0 Å². The number of halogens is 3. The maximum Gasteiger partial charge on any atom is 0.416 e. The van der Waals surface area contributed by atoms with Gasteiger partial charge in [0.05, 0.1) is 5.56 Å². The molecular formula is C17H26F3N. The van der Waals surface area contributed by atoms with Gasteiger partial charge in [0.15, 0.2) is 0 Å². The third-order valence-electron chi connectivity index (χ3n) is 4.16. The van der Waals surface area contributed by atoms with E-state index in [0.717, 1.165) is 0 Å². The summed E-state index contributed by atoms with van der Waals surface area (Å²) in [5.41, 5.74) is -0.110. The Labute approximate surface area is 125 Å². The molecule has 1 aromatic carbocycles. The minimum Gasteiger partial charge on any atom is -0.310 e. The lowest BCUT2D eigenvalue weighted by Crippen LogP contribution is -2.29. The summed E-state index contributed by atoms with van der Waals surface area (Å²) >= 11 is 0. The van der Waals surface area contributed by atoms with Crippen LogP contribution >= 0.6 is 0 Å². The van der Waals surface area contributed by atoms with Crippen molar-refractivity contribution in [1.29, 1.82) is 0 Å². The van der Waals surface area contributed by atoms with Crippen molar-refractivity contribution in [1.82, 2.24) is 5.32 Å². The molecule has 0 aromatic heterocycles. The predicted molar refractivity (Wildman–Crippen MR) is 81.1 cm³/mol. The van der Waals surface area contributed by atoms with Gasteiger partial charge in [-0.25, -0.2) is 0 Å². The number of alkyl halides is 3. The minimum absolute atomic E-state index is 0.0703. The van der Waals surface area contributed by atoms with Crippen LogP contribution in [0.4, 0.5) is 13.2 Å². The van der Waals surface area contributed by atoms with Crippen LogP contribution in [0.25, 0.3) is 0 Å². The second kappa shape index (κ2) is 6.82. The normalized spacial score (nSPS) is 15.8. The van der Waals surface area contributed by atoms with Gasteiger partial charge in [-0.3, -0.25) is 0 Å². The highest BCUT2D eigenvalue weighted by Gasteiger charge is 2.35. The van der Waals surface area contributed by atoms with E-state index in [1.165, 1.54) is 12.1 Å². The van der Waals surface area contributed by atoms with Gasteiger partial charge in [0, 0.05) is 6.04 Å². The van der Waals surface area contributed by atoms with Gasteiger partial charge in [0.2, 0.25) is 0 Å². The standard InChI is InChI=1S/C17H26F3N/c1-6-21-15(11-12(2)16(3,4)5)13-9-7-8-10-14(13)17(18,19)20/h7-10,12,15,21H,6,11H2,1-5H3. The van der Waals surface area contributed by atoms with E-state index in [-0.39, 0.29) is 11.5 Å². The number of rotatable bonds is 5. The largest absolute Gasteiger partial charge is 0.416 e. The number of hydrogen-bond donors (Lipinski definition) is 1. The Morgan fingerprint density at radius 1 is 1.10 bits per heavy atom. The SMILES string of the molecule is CCNC(CC(C)C(C)(C)C)c1ccccc1C(F)(F)F. The van der Waals surface area contributed by atoms with Crippen LogP contribution in [-0.2, 0) is 6.18 Å². The average Bonchev–Trinajstić information content (AvgIpc) is 2.36. The predicted octanol–water partition coefficient (Wildman–Crippen LogP) is 5.43. The highest BCUT2D eigenvalue weighted by atomic mass is 19.4. The Morgan fingerprint density at radius 2 is 1.67 bits per heavy atom. The second-order valence-corrected chi connectivity index (χ2v) is 6.70. The summed E-state index contributed by atoms with van der Waals surface area (Å²) in [7, 11) is 0. The molecule has 1 N–H and O–H groups in total. The molecule has 1 nitrogen and oxygen atoms in total. The Bertz CT molecular complexity index is 446. The maximum atomic E-state index is 13.2. The molecule has 1 rings (SSSR count). The molecule has 0 saturated heterocycles. The van der Waals surface area contributed by atoms with E-state index >= 15 is 0 Å². The van der Waals surface area contributed by atoms with E-state index < -0.39 is 11.7 Å². The summed E-state index contributed by atoms with van der Waals surface area (Å²) < 4.78 is 39.6. The molecule has 21 heavy (non-hydrogen) atoms. The fourth-order valence-corrected chi connectivity index (χ4v) is 2.33. The van der Waals surface area contributed by atoms with Crippen LogP contribution in [0.2, 0.25) is 0 Å². The van der Waals surface area contributed by atoms with Crippen LogP contribution in [0.3, 0.4) is 0 Å². The molecule has 0 amide bonds. The molecule has 0 aliphatic rings. The molecule has 0 saturated carbocycles. The van der Waals surface area contributed by atoms with Gasteiger partial charge in [-0.1, -0.05) is 52.8 Å². The van der Waals surface area contributed by atoms with E-state index in [4.69, 9.17) is 0 Å². The van der Waals surface area contributed by atoms with Crippen molar-refractivity contribution in [3.8, 4) is 0 Å². The molecule has 2 unspecified atom stereocenters. The lowest BCUT2D eigenvalue weighted by Gasteiger charge is -2.32. The summed E-state index contributed by atoms with van der Waals surface area (Å²) in [6, 6.07) is 5.61. The van der Waals surface area contributed by atoms with Gasteiger partial charge in [-0.2, -0.15) is 13.2 Å². The number of hydrogen-bond acceptors (Lipinski definition) is 1. The van der Waals surface area contributed by atoms with Crippen LogP contribution in [0.1, 0.15) is 58.2 Å². The summed E-state index contributed by atoms with van der Waals surface area (Å²) in [4.78, 5) is 0. The van der Waals surface area contributed by atoms with Crippen LogP contribution in [-0.4, -0.2) is 6.54 Å². The van der Waals surface area contributed by atoms with Gasteiger partial charge in [0.1, 0.15) is 0 Å². The number of nitrogens with one attached hydrogen (secondary N) is 1. The van der Waals surface area contributed by atoms with Gasteiger partial charge >= 0.3 is 6.18 Å². The highest BCUT2D eigenvalue weighted by Crippen LogP contribution is 2.38. The summed E-state index contributed by atoms with van der Waals surface area (Å²) in [6.45, 7) is 11.0. The summed E-state index contributed by atoms with van der Waals surface area (Å²) in [6.07, 6.45) is -3.63. The first-order chi connectivity index (χ1) is 9.57. The smallest absolute Gasteiger partial charge is 0.310 e. The molecule has 0 aliphatic carbocycles. The molecule has 120 valence electrons. The van der Waals surface area contributed by atoms with E-state index in [1.807, 2.05) is 6.92 Å². The highest BCUT2D eigenvalue weighted by molar-refractivity contribution is 5.32. The first kappa shape index (κ1) is 18.0. The quantitative estimate of drug-likeness (QED) is 0.765. The van der Waals surface area contributed by atoms with Crippen molar-refractivity contribution in [3.05, 3.63) is 35.4 Å². The van der Waals surface area contributed by atoms with Crippen LogP contribution < -0.4 is 5.32 Å². The van der Waals surface area contributed by atoms with Gasteiger partial charge < -0.3 is 5.32 Å². The Hall–Kier alpha value is -1.03. The van der Waals surface area contributed by atoms with Crippen molar-refractivity contribution >= 4 is 0 Å². The Kier molecular flexibility index (Phi) is 5.85. The second-order valence-electron chi connectivity index (χ2n) is 6.70. The van der Waals surface area contributed by atoms with Gasteiger partial charge in [-0.05, 0) is 35.9 Å². The molecule has 0 aliphatic heterocycles. The molecule has 1 aromatic rings. The molecule has 0 heterocycles. The molecule has 0 fully saturated rings. The van der Waals surface area contributed by atoms with Crippen LogP contribution in [0.15, 0.2) is 24.3 Å². The first-order valence-electron chi connectivity index (χ1n) is 7.46. The van der Waals surface area contributed by atoms with Crippen molar-refractivity contribution in [2.75, 3.05) is 6.54 Å². The molecule has 0 bridgehead atoms. The third-order valence-corrected chi connectivity index (χ3v) is 4.16. The van der Waals surface area contributed by atoms with E-state index in [1.54, 1.807) is 12.1 Å². The molecule has 0 spiro atoms. The van der Waals surface area contributed by atoms with Crippen LogP contribution in [0.5, 0.6) is 0 Å². The summed E-state index contributed by atoms with van der Waals surface area (Å²) in [5, 5.41) is 3.21. The first-order valence-corrected chi connectivity index (χ1v) is 7.46. The van der Waals surface area contributed by atoms with E-state index in [0.29, 0.717) is 24.4 Å². The molecule has 4 heteroatoms. The lowest BCUT2D eigenvalue weighted by atomic mass is 9.77. The maximum absolute atomic E-state index is 13.2. The zero-order valence-corrected chi connectivity index (χ0v) is 13.5. The Morgan fingerprint density at radius 3 is 2.14 bits per heavy atom. The van der Waals surface area contributed by atoms with E-state index in [9.17, 15) is 13.2 Å². The fraction of sp³-hybridized carbons (Fsp3) is 0.647. The van der Waals surface area contributed by atoms with E-state index in [2.05, 4.69) is 33.0 Å². The van der Waals surface area contributed by atoms with Gasteiger partial charge in [0.25, 0.3) is 0 Å². The molecular weight excluding hydrogens is 275 g/mol. The zero-order chi connectivity index (χ0) is 16.3. The van der Waals surface area contributed by atoms with Crippen LogP contribution in [0, 0.1) is 11.3 Å². The van der Waals surface area contributed by atoms with Crippen molar-refractivity contribution < 1.29 is 13.2 Å². The Balaban J connectivity index is 3.12. The third kappa shape index (κ3) is 5.03. The minimum atomic E-state index is -4.31. The zero-order valence-electron chi connectivity index (χ0n) is 13.5. The number of benzene rings is 1. The average molecular weight is 301 g/mol. The fourth-order valence-electron chi connectivity index (χ4n) is 2.33. The molecule has 0 radical (unpaired) electrons. The van der Waals surface area contributed by atoms with Gasteiger partial charge in [-0.15, -0.1) is 0 Å². The lowest BCUT2D eigenvalue weighted by molar-refractivity contribution is -0.138. The van der Waals surface area contributed by atoms with Crippen molar-refractivity contribution in [2.45, 2.75) is 53.3 Å².